The Bertz CT molecular complexity index is 1040. The predicted octanol–water partition coefficient (Wildman–Crippen LogP) is 3.26. The SMILES string of the molecule is COc1ccc(N2CCN(CC(=O)N3CCN(c4cc(Cl)ccc4C)CC3)C2=O)cc1OC. The van der Waals surface area contributed by atoms with Crippen LogP contribution in [0.25, 0.3) is 0 Å². The Morgan fingerprint density at radius 2 is 1.67 bits per heavy atom. The fourth-order valence-corrected chi connectivity index (χ4v) is 4.51. The van der Waals surface area contributed by atoms with Gasteiger partial charge in [0.15, 0.2) is 11.5 Å². The Hall–Kier alpha value is -3.13. The number of hydrogen-bond donors (Lipinski definition) is 0. The van der Waals surface area contributed by atoms with Gasteiger partial charge in [0.05, 0.1) is 14.2 Å². The van der Waals surface area contributed by atoms with Crippen molar-refractivity contribution in [3.8, 4) is 11.5 Å². The van der Waals surface area contributed by atoms with Crippen molar-refractivity contribution in [2.75, 3.05) is 69.8 Å². The fraction of sp³-hybridized carbons (Fsp3) is 0.417. The lowest BCUT2D eigenvalue weighted by atomic mass is 10.1. The molecule has 0 saturated carbocycles. The van der Waals surface area contributed by atoms with E-state index in [1.54, 1.807) is 36.2 Å². The Labute approximate surface area is 199 Å². The summed E-state index contributed by atoms with van der Waals surface area (Å²) in [6.45, 7) is 5.87. The largest absolute Gasteiger partial charge is 0.493 e. The number of piperazine rings is 1. The molecule has 0 atom stereocenters. The third-order valence-corrected chi connectivity index (χ3v) is 6.48. The van der Waals surface area contributed by atoms with Crippen molar-refractivity contribution < 1.29 is 19.1 Å². The molecule has 2 heterocycles. The molecule has 3 amide bonds. The van der Waals surface area contributed by atoms with Crippen molar-refractivity contribution in [2.45, 2.75) is 6.92 Å². The third kappa shape index (κ3) is 4.80. The van der Waals surface area contributed by atoms with E-state index in [4.69, 9.17) is 21.1 Å². The number of carbonyl (C=O) groups is 2. The highest BCUT2D eigenvalue weighted by Gasteiger charge is 2.33. The van der Waals surface area contributed by atoms with E-state index < -0.39 is 0 Å². The lowest BCUT2D eigenvalue weighted by Gasteiger charge is -2.37. The van der Waals surface area contributed by atoms with Crippen LogP contribution in [0.15, 0.2) is 36.4 Å². The van der Waals surface area contributed by atoms with Crippen LogP contribution >= 0.6 is 11.6 Å². The van der Waals surface area contributed by atoms with Crippen molar-refractivity contribution >= 4 is 34.9 Å². The summed E-state index contributed by atoms with van der Waals surface area (Å²) >= 11 is 6.17. The van der Waals surface area contributed by atoms with E-state index in [0.29, 0.717) is 42.7 Å². The van der Waals surface area contributed by atoms with Crippen molar-refractivity contribution in [2.24, 2.45) is 0 Å². The first-order valence-electron chi connectivity index (χ1n) is 11.0. The van der Waals surface area contributed by atoms with E-state index in [-0.39, 0.29) is 18.5 Å². The van der Waals surface area contributed by atoms with Gasteiger partial charge in [-0.05, 0) is 36.8 Å². The average Bonchev–Trinajstić information content (AvgIpc) is 3.20. The summed E-state index contributed by atoms with van der Waals surface area (Å²) in [5.41, 5.74) is 2.99. The molecule has 176 valence electrons. The Morgan fingerprint density at radius 3 is 2.36 bits per heavy atom. The number of nitrogens with zero attached hydrogens (tertiary/aromatic N) is 4. The molecule has 0 N–H and O–H groups in total. The summed E-state index contributed by atoms with van der Waals surface area (Å²) in [6, 6.07) is 11.1. The van der Waals surface area contributed by atoms with Crippen LogP contribution in [-0.2, 0) is 4.79 Å². The number of halogens is 1. The van der Waals surface area contributed by atoms with Crippen LogP contribution in [0.5, 0.6) is 11.5 Å². The number of anilines is 2. The second-order valence-electron chi connectivity index (χ2n) is 8.19. The number of benzene rings is 2. The average molecular weight is 473 g/mol. The van der Waals surface area contributed by atoms with Crippen LogP contribution in [0.1, 0.15) is 5.56 Å². The third-order valence-electron chi connectivity index (χ3n) is 6.24. The first-order chi connectivity index (χ1) is 15.9. The smallest absolute Gasteiger partial charge is 0.325 e. The molecule has 0 unspecified atom stereocenters. The Kier molecular flexibility index (Phi) is 6.83. The predicted molar refractivity (Wildman–Crippen MR) is 129 cm³/mol. The number of ether oxygens (including phenoxy) is 2. The molecule has 2 aromatic rings. The minimum Gasteiger partial charge on any atom is -0.493 e. The van der Waals surface area contributed by atoms with Crippen LogP contribution in [0, 0.1) is 6.92 Å². The molecule has 0 spiro atoms. The Balaban J connectivity index is 1.34. The highest BCUT2D eigenvalue weighted by molar-refractivity contribution is 6.30. The summed E-state index contributed by atoms with van der Waals surface area (Å²) in [5.74, 6) is 1.14. The number of hydrogen-bond acceptors (Lipinski definition) is 5. The van der Waals surface area contributed by atoms with Gasteiger partial charge in [-0.2, -0.15) is 0 Å². The van der Waals surface area contributed by atoms with Gasteiger partial charge in [0, 0.05) is 61.7 Å². The van der Waals surface area contributed by atoms with Gasteiger partial charge in [-0.1, -0.05) is 17.7 Å². The zero-order valence-electron chi connectivity index (χ0n) is 19.2. The molecule has 33 heavy (non-hydrogen) atoms. The molecule has 4 rings (SSSR count). The molecule has 8 nitrogen and oxygen atoms in total. The normalized spacial score (nSPS) is 16.4. The van der Waals surface area contributed by atoms with Crippen LogP contribution in [0.3, 0.4) is 0 Å². The van der Waals surface area contributed by atoms with Crippen LogP contribution in [0.2, 0.25) is 5.02 Å². The van der Waals surface area contributed by atoms with Gasteiger partial charge < -0.3 is 24.2 Å². The van der Waals surface area contributed by atoms with Crippen molar-refractivity contribution in [3.05, 3.63) is 47.0 Å². The molecule has 0 radical (unpaired) electrons. The Morgan fingerprint density at radius 1 is 0.939 bits per heavy atom. The number of urea groups is 1. The van der Waals surface area contributed by atoms with Crippen LogP contribution < -0.4 is 19.3 Å². The zero-order valence-corrected chi connectivity index (χ0v) is 20.0. The van der Waals surface area contributed by atoms with Gasteiger partial charge in [0.2, 0.25) is 5.91 Å². The van der Waals surface area contributed by atoms with Crippen molar-refractivity contribution in [3.63, 3.8) is 0 Å². The van der Waals surface area contributed by atoms with Crippen molar-refractivity contribution in [1.82, 2.24) is 9.80 Å². The highest BCUT2D eigenvalue weighted by Crippen LogP contribution is 2.33. The number of methoxy groups -OCH3 is 2. The van der Waals surface area contributed by atoms with Crippen LogP contribution in [-0.4, -0.2) is 81.8 Å². The van der Waals surface area contributed by atoms with Gasteiger partial charge in [-0.15, -0.1) is 0 Å². The number of rotatable bonds is 6. The van der Waals surface area contributed by atoms with Crippen molar-refractivity contribution in [1.29, 1.82) is 0 Å². The summed E-state index contributed by atoms with van der Waals surface area (Å²) in [5, 5.41) is 0.709. The van der Waals surface area contributed by atoms with E-state index in [1.165, 1.54) is 0 Å². The molecule has 2 saturated heterocycles. The number of carbonyl (C=O) groups excluding carboxylic acids is 2. The molecule has 2 aliphatic heterocycles. The summed E-state index contributed by atoms with van der Waals surface area (Å²) in [7, 11) is 3.13. The van der Waals surface area contributed by atoms with E-state index >= 15 is 0 Å². The molecular formula is C24H29ClN4O4. The fourth-order valence-electron chi connectivity index (χ4n) is 4.34. The molecule has 2 aliphatic rings. The van der Waals surface area contributed by atoms with Gasteiger partial charge in [-0.25, -0.2) is 4.79 Å². The summed E-state index contributed by atoms with van der Waals surface area (Å²) in [6.07, 6.45) is 0. The first kappa shape index (κ1) is 23.0. The minimum absolute atomic E-state index is 0.0278. The standard InChI is InChI=1S/C24H29ClN4O4/c1-17-4-5-18(25)14-20(17)26-8-10-27(11-9-26)23(30)16-28-12-13-29(24(28)31)19-6-7-21(32-2)22(15-19)33-3/h4-7,14-15H,8-13,16H2,1-3H3. The molecule has 0 bridgehead atoms. The monoisotopic (exact) mass is 472 g/mol. The number of amides is 3. The minimum atomic E-state index is -0.177. The lowest BCUT2D eigenvalue weighted by molar-refractivity contribution is -0.131. The van der Waals surface area contributed by atoms with Crippen LogP contribution in [0.4, 0.5) is 16.2 Å². The molecular weight excluding hydrogens is 444 g/mol. The van der Waals surface area contributed by atoms with Gasteiger partial charge >= 0.3 is 6.03 Å². The van der Waals surface area contributed by atoms with E-state index in [9.17, 15) is 9.59 Å². The maximum atomic E-state index is 13.0. The molecule has 0 aliphatic carbocycles. The van der Waals surface area contributed by atoms with E-state index in [0.717, 1.165) is 30.0 Å². The highest BCUT2D eigenvalue weighted by atomic mass is 35.5. The number of aryl methyl sites for hydroxylation is 1. The first-order valence-corrected chi connectivity index (χ1v) is 11.4. The summed E-state index contributed by atoms with van der Waals surface area (Å²) < 4.78 is 10.6. The zero-order chi connectivity index (χ0) is 23.5. The topological polar surface area (TPSA) is 65.6 Å². The van der Waals surface area contributed by atoms with Gasteiger partial charge in [-0.3, -0.25) is 9.69 Å². The van der Waals surface area contributed by atoms with Gasteiger partial charge in [0.1, 0.15) is 6.54 Å². The molecule has 2 aromatic carbocycles. The quantitative estimate of drug-likeness (QED) is 0.645. The maximum absolute atomic E-state index is 13.0. The molecule has 2 fully saturated rings. The summed E-state index contributed by atoms with van der Waals surface area (Å²) in [4.78, 5) is 33.3. The lowest BCUT2D eigenvalue weighted by Crippen LogP contribution is -2.51. The van der Waals surface area contributed by atoms with E-state index in [1.807, 2.05) is 29.2 Å². The second-order valence-corrected chi connectivity index (χ2v) is 8.63. The second kappa shape index (κ2) is 9.79. The maximum Gasteiger partial charge on any atom is 0.325 e. The van der Waals surface area contributed by atoms with E-state index in [2.05, 4.69) is 11.8 Å². The van der Waals surface area contributed by atoms with Gasteiger partial charge in [0.25, 0.3) is 0 Å². The molecule has 9 heteroatoms. The molecule has 0 aromatic heterocycles.